The van der Waals surface area contributed by atoms with Gasteiger partial charge in [-0.1, -0.05) is 12.1 Å². The number of likely N-dealkylation sites (tertiary alicyclic amines) is 1. The summed E-state index contributed by atoms with van der Waals surface area (Å²) in [5, 5.41) is 4.01. The molecule has 1 amide bonds. The molecule has 2 aliphatic heterocycles. The van der Waals surface area contributed by atoms with Crippen molar-refractivity contribution >= 4 is 5.91 Å². The molecule has 1 aromatic heterocycles. The zero-order chi connectivity index (χ0) is 15.6. The average Bonchev–Trinajstić information content (AvgIpc) is 2.92. The SMILES string of the molecule is CCC(=O)N1CCC2(CC1)CC(Cc1noc(C)n1)CCO2. The van der Waals surface area contributed by atoms with Crippen molar-refractivity contribution in [3.8, 4) is 0 Å². The largest absolute Gasteiger partial charge is 0.375 e. The van der Waals surface area contributed by atoms with E-state index in [0.29, 0.717) is 18.2 Å². The van der Waals surface area contributed by atoms with Gasteiger partial charge >= 0.3 is 0 Å². The number of carbonyl (C=O) groups is 1. The fourth-order valence-corrected chi connectivity index (χ4v) is 3.72. The lowest BCUT2D eigenvalue weighted by molar-refractivity contribution is -0.146. The van der Waals surface area contributed by atoms with Gasteiger partial charge < -0.3 is 14.2 Å². The van der Waals surface area contributed by atoms with Gasteiger partial charge in [0.1, 0.15) is 0 Å². The van der Waals surface area contributed by atoms with Crippen LogP contribution in [0.3, 0.4) is 0 Å². The molecule has 0 radical (unpaired) electrons. The van der Waals surface area contributed by atoms with E-state index >= 15 is 0 Å². The summed E-state index contributed by atoms with van der Waals surface area (Å²) in [6.07, 6.45) is 5.43. The number of carbonyl (C=O) groups excluding carboxylic acids is 1. The van der Waals surface area contributed by atoms with Crippen molar-refractivity contribution in [1.29, 1.82) is 0 Å². The number of nitrogens with zero attached hydrogens (tertiary/aromatic N) is 3. The third kappa shape index (κ3) is 3.32. The van der Waals surface area contributed by atoms with Crippen molar-refractivity contribution in [3.63, 3.8) is 0 Å². The van der Waals surface area contributed by atoms with Gasteiger partial charge in [0.25, 0.3) is 0 Å². The monoisotopic (exact) mass is 307 g/mol. The van der Waals surface area contributed by atoms with Crippen molar-refractivity contribution < 1.29 is 14.1 Å². The van der Waals surface area contributed by atoms with Gasteiger partial charge in [-0.15, -0.1) is 0 Å². The maximum atomic E-state index is 11.8. The molecule has 0 bridgehead atoms. The molecule has 0 aliphatic carbocycles. The molecule has 2 aliphatic rings. The van der Waals surface area contributed by atoms with E-state index in [4.69, 9.17) is 9.26 Å². The predicted octanol–water partition coefficient (Wildman–Crippen LogP) is 2.12. The van der Waals surface area contributed by atoms with Gasteiger partial charge in [0.2, 0.25) is 11.8 Å². The van der Waals surface area contributed by atoms with E-state index in [0.717, 1.165) is 57.6 Å². The lowest BCUT2D eigenvalue weighted by atomic mass is 9.78. The Kier molecular flexibility index (Phi) is 4.47. The number of rotatable bonds is 3. The maximum absolute atomic E-state index is 11.8. The van der Waals surface area contributed by atoms with E-state index < -0.39 is 0 Å². The molecule has 2 saturated heterocycles. The maximum Gasteiger partial charge on any atom is 0.223 e. The molecular formula is C16H25N3O3. The molecule has 22 heavy (non-hydrogen) atoms. The summed E-state index contributed by atoms with van der Waals surface area (Å²) in [7, 11) is 0. The minimum absolute atomic E-state index is 0.0494. The second-order valence-electron chi connectivity index (χ2n) is 6.56. The Hall–Kier alpha value is -1.43. The van der Waals surface area contributed by atoms with E-state index in [1.54, 1.807) is 0 Å². The van der Waals surface area contributed by atoms with Crippen molar-refractivity contribution in [2.24, 2.45) is 5.92 Å². The molecule has 1 spiro atoms. The minimum atomic E-state index is -0.0494. The van der Waals surface area contributed by atoms with Crippen LogP contribution in [0.2, 0.25) is 0 Å². The normalized spacial score (nSPS) is 24.6. The Labute approximate surface area is 131 Å². The van der Waals surface area contributed by atoms with Crippen LogP contribution in [0.1, 0.15) is 50.7 Å². The third-order valence-electron chi connectivity index (χ3n) is 4.97. The van der Waals surface area contributed by atoms with Crippen LogP contribution in [0.5, 0.6) is 0 Å². The number of amides is 1. The number of piperidine rings is 1. The van der Waals surface area contributed by atoms with E-state index in [9.17, 15) is 4.79 Å². The summed E-state index contributed by atoms with van der Waals surface area (Å²) in [5.41, 5.74) is -0.0494. The van der Waals surface area contributed by atoms with Crippen LogP contribution in [0.15, 0.2) is 4.52 Å². The molecule has 1 unspecified atom stereocenters. The van der Waals surface area contributed by atoms with Crippen molar-refractivity contribution in [2.75, 3.05) is 19.7 Å². The molecule has 1 atom stereocenters. The van der Waals surface area contributed by atoms with Gasteiger partial charge in [-0.3, -0.25) is 4.79 Å². The summed E-state index contributed by atoms with van der Waals surface area (Å²) >= 11 is 0. The van der Waals surface area contributed by atoms with E-state index in [2.05, 4.69) is 10.1 Å². The number of aryl methyl sites for hydroxylation is 1. The molecule has 122 valence electrons. The molecule has 1 aromatic rings. The Morgan fingerprint density at radius 2 is 2.18 bits per heavy atom. The summed E-state index contributed by atoms with van der Waals surface area (Å²) < 4.78 is 11.2. The first-order chi connectivity index (χ1) is 10.6. The lowest BCUT2D eigenvalue weighted by Gasteiger charge is -2.46. The summed E-state index contributed by atoms with van der Waals surface area (Å²) in [6, 6.07) is 0. The first-order valence-corrected chi connectivity index (χ1v) is 8.31. The van der Waals surface area contributed by atoms with Gasteiger partial charge in [-0.05, 0) is 31.6 Å². The fraction of sp³-hybridized carbons (Fsp3) is 0.812. The van der Waals surface area contributed by atoms with E-state index in [1.807, 2.05) is 18.7 Å². The molecule has 3 rings (SSSR count). The Balaban J connectivity index is 1.57. The molecule has 0 N–H and O–H groups in total. The zero-order valence-electron chi connectivity index (χ0n) is 13.5. The average molecular weight is 307 g/mol. The van der Waals surface area contributed by atoms with Gasteiger partial charge in [-0.25, -0.2) is 0 Å². The molecule has 6 heteroatoms. The smallest absolute Gasteiger partial charge is 0.223 e. The lowest BCUT2D eigenvalue weighted by Crippen LogP contribution is -2.50. The minimum Gasteiger partial charge on any atom is -0.375 e. The van der Waals surface area contributed by atoms with Crippen LogP contribution in [0.25, 0.3) is 0 Å². The highest BCUT2D eigenvalue weighted by molar-refractivity contribution is 5.75. The second kappa shape index (κ2) is 6.36. The number of hydrogen-bond donors (Lipinski definition) is 0. The van der Waals surface area contributed by atoms with E-state index in [1.165, 1.54) is 0 Å². The van der Waals surface area contributed by atoms with Crippen molar-refractivity contribution in [2.45, 2.75) is 58.0 Å². The Morgan fingerprint density at radius 1 is 1.41 bits per heavy atom. The van der Waals surface area contributed by atoms with Crippen molar-refractivity contribution in [3.05, 3.63) is 11.7 Å². The van der Waals surface area contributed by atoms with Crippen LogP contribution < -0.4 is 0 Å². The van der Waals surface area contributed by atoms with Gasteiger partial charge in [0, 0.05) is 39.5 Å². The summed E-state index contributed by atoms with van der Waals surface area (Å²) in [6.45, 7) is 6.18. The van der Waals surface area contributed by atoms with Crippen LogP contribution in [0, 0.1) is 12.8 Å². The predicted molar refractivity (Wildman–Crippen MR) is 80.3 cm³/mol. The highest BCUT2D eigenvalue weighted by atomic mass is 16.5. The molecule has 6 nitrogen and oxygen atoms in total. The van der Waals surface area contributed by atoms with E-state index in [-0.39, 0.29) is 11.5 Å². The van der Waals surface area contributed by atoms with Gasteiger partial charge in [0.05, 0.1) is 5.60 Å². The molecule has 0 aromatic carbocycles. The highest BCUT2D eigenvalue weighted by Crippen LogP contribution is 2.38. The Morgan fingerprint density at radius 3 is 2.82 bits per heavy atom. The molecule has 2 fully saturated rings. The quantitative estimate of drug-likeness (QED) is 0.855. The second-order valence-corrected chi connectivity index (χ2v) is 6.56. The van der Waals surface area contributed by atoms with Crippen LogP contribution in [-0.4, -0.2) is 46.2 Å². The highest BCUT2D eigenvalue weighted by Gasteiger charge is 2.41. The molecular weight excluding hydrogens is 282 g/mol. The number of ether oxygens (including phenoxy) is 1. The number of aromatic nitrogens is 2. The molecule has 3 heterocycles. The van der Waals surface area contributed by atoms with Gasteiger partial charge in [0.15, 0.2) is 5.82 Å². The first kappa shape index (κ1) is 15.5. The fourth-order valence-electron chi connectivity index (χ4n) is 3.72. The topological polar surface area (TPSA) is 68.5 Å². The summed E-state index contributed by atoms with van der Waals surface area (Å²) in [4.78, 5) is 18.1. The summed E-state index contributed by atoms with van der Waals surface area (Å²) in [5.74, 6) is 2.23. The molecule has 0 saturated carbocycles. The Bertz CT molecular complexity index is 520. The standard InChI is InChI=1S/C16H25N3O3/c1-3-15(20)19-7-5-16(6-8-19)11-13(4-9-21-16)10-14-17-12(2)22-18-14/h13H,3-11H2,1-2H3. The van der Waals surface area contributed by atoms with Crippen LogP contribution >= 0.6 is 0 Å². The van der Waals surface area contributed by atoms with Crippen LogP contribution in [0.4, 0.5) is 0 Å². The zero-order valence-corrected chi connectivity index (χ0v) is 13.5. The number of hydrogen-bond acceptors (Lipinski definition) is 5. The van der Waals surface area contributed by atoms with Crippen LogP contribution in [-0.2, 0) is 16.0 Å². The van der Waals surface area contributed by atoms with Crippen molar-refractivity contribution in [1.82, 2.24) is 15.0 Å². The first-order valence-electron chi connectivity index (χ1n) is 8.31. The third-order valence-corrected chi connectivity index (χ3v) is 4.97. The van der Waals surface area contributed by atoms with Gasteiger partial charge in [-0.2, -0.15) is 4.98 Å².